The van der Waals surface area contributed by atoms with Gasteiger partial charge in [0.15, 0.2) is 0 Å². The summed E-state index contributed by atoms with van der Waals surface area (Å²) in [7, 11) is 2.14. The number of aryl methyl sites for hydroxylation is 1. The number of hydrogen-bond donors (Lipinski definition) is 1. The lowest BCUT2D eigenvalue weighted by molar-refractivity contribution is 0.119. The van der Waals surface area contributed by atoms with E-state index in [0.717, 1.165) is 68.7 Å². The Bertz CT molecular complexity index is 1280. The van der Waals surface area contributed by atoms with Crippen LogP contribution in [0.3, 0.4) is 0 Å². The fourth-order valence-electron chi connectivity index (χ4n) is 7.03. The number of likely N-dealkylation sites (N-methyl/N-ethyl adjacent to an activating group) is 1. The summed E-state index contributed by atoms with van der Waals surface area (Å²) in [5.41, 5.74) is 4.96. The van der Waals surface area contributed by atoms with Crippen LogP contribution in [0.5, 0.6) is 6.01 Å². The molecule has 10 nitrogen and oxygen atoms in total. The number of ether oxygens (including phenoxy) is 1. The van der Waals surface area contributed by atoms with Gasteiger partial charge in [-0.05, 0) is 63.7 Å². The topological polar surface area (TPSA) is 109 Å². The van der Waals surface area contributed by atoms with Crippen molar-refractivity contribution < 1.29 is 14.6 Å². The first-order valence-corrected chi connectivity index (χ1v) is 14.7. The van der Waals surface area contributed by atoms with E-state index in [9.17, 15) is 15.2 Å². The Morgan fingerprint density at radius 3 is 2.77 bits per heavy atom. The minimum Gasteiger partial charge on any atom is -0.465 e. The molecule has 0 bridgehead atoms. The van der Waals surface area contributed by atoms with Crippen LogP contribution < -0.4 is 14.5 Å². The fourth-order valence-corrected chi connectivity index (χ4v) is 7.03. The highest BCUT2D eigenvalue weighted by Crippen LogP contribution is 2.36. The van der Waals surface area contributed by atoms with E-state index in [1.807, 2.05) is 0 Å². The molecule has 1 amide bonds. The van der Waals surface area contributed by atoms with Gasteiger partial charge in [0.2, 0.25) is 0 Å². The minimum absolute atomic E-state index is 0.157. The quantitative estimate of drug-likeness (QED) is 0.585. The van der Waals surface area contributed by atoms with Crippen molar-refractivity contribution in [3.8, 4) is 12.1 Å². The number of benzene rings is 1. The summed E-state index contributed by atoms with van der Waals surface area (Å²) in [5.74, 6) is 0.852. The summed E-state index contributed by atoms with van der Waals surface area (Å²) in [6.07, 6.45) is 6.46. The van der Waals surface area contributed by atoms with Crippen LogP contribution in [0.15, 0.2) is 24.3 Å². The number of nitriles is 1. The minimum atomic E-state index is -0.973. The molecule has 212 valence electrons. The zero-order valence-corrected chi connectivity index (χ0v) is 23.3. The van der Waals surface area contributed by atoms with E-state index in [2.05, 4.69) is 52.1 Å². The number of anilines is 2. The van der Waals surface area contributed by atoms with E-state index in [1.165, 1.54) is 22.6 Å². The maximum absolute atomic E-state index is 11.8. The molecule has 2 saturated heterocycles. The number of piperazine rings is 1. The Kier molecular flexibility index (Phi) is 7.65. The van der Waals surface area contributed by atoms with Crippen molar-refractivity contribution in [3.05, 3.63) is 41.1 Å². The molecule has 2 unspecified atom stereocenters. The fraction of sp³-hybridized carbons (Fsp3) is 0.600. The van der Waals surface area contributed by atoms with Crippen LogP contribution in [0.4, 0.5) is 16.3 Å². The number of hydrogen-bond acceptors (Lipinski definition) is 8. The Hall–Kier alpha value is -3.58. The molecular formula is C30H39N7O3. The number of nitrogens with zero attached hydrogens (tertiary/aromatic N) is 7. The number of rotatable bonds is 6. The van der Waals surface area contributed by atoms with Gasteiger partial charge in [-0.1, -0.05) is 18.2 Å². The van der Waals surface area contributed by atoms with Crippen molar-refractivity contribution in [2.45, 2.75) is 69.5 Å². The smallest absolute Gasteiger partial charge is 0.407 e. The molecule has 0 radical (unpaired) electrons. The normalized spacial score (nSPS) is 24.8. The summed E-state index contributed by atoms with van der Waals surface area (Å²) in [4.78, 5) is 30.2. The number of fused-ring (bicyclic) bond motifs is 2. The Labute approximate surface area is 236 Å². The number of para-hydroxylation sites is 1. The highest BCUT2D eigenvalue weighted by Gasteiger charge is 2.35. The Morgan fingerprint density at radius 2 is 1.98 bits per heavy atom. The van der Waals surface area contributed by atoms with Gasteiger partial charge < -0.3 is 29.4 Å². The second-order valence-corrected chi connectivity index (χ2v) is 11.6. The lowest BCUT2D eigenvalue weighted by Gasteiger charge is -2.42. The average Bonchev–Trinajstić information content (AvgIpc) is 3.39. The Balaban J connectivity index is 1.29. The average molecular weight is 546 g/mol. The first-order chi connectivity index (χ1) is 19.5. The first kappa shape index (κ1) is 26.6. The molecule has 3 atom stereocenters. The molecule has 6 rings (SSSR count). The van der Waals surface area contributed by atoms with Crippen LogP contribution in [0, 0.1) is 11.3 Å². The zero-order valence-electron chi connectivity index (χ0n) is 23.3. The second-order valence-electron chi connectivity index (χ2n) is 11.6. The lowest BCUT2D eigenvalue weighted by atomic mass is 9.88. The standard InChI is InChI=1S/C30H39N7O3/c1-34-14-5-8-24(34)20-40-29-32-26-18-22(36-15-4-7-21-6-2-3-9-27(21)36)10-11-25(26)28(33-29)35-16-17-37(30(38)39)23(19-35)12-13-31/h2-3,6,9,22-24H,4-5,7-8,10-12,14-20H2,1H3,(H,38,39)/t22?,23-,24?/m0/s1. The number of likely N-dealkylation sites (tertiary alicyclic amines) is 1. The highest BCUT2D eigenvalue weighted by molar-refractivity contribution is 5.66. The van der Waals surface area contributed by atoms with Crippen molar-refractivity contribution in [2.75, 3.05) is 56.2 Å². The maximum atomic E-state index is 11.8. The SMILES string of the molecule is CN1CCCC1COc1nc2c(c(N3CCN(C(=O)O)[C@@H](CC#N)C3)n1)CCC(N1CCCc3ccccc31)C2. The highest BCUT2D eigenvalue weighted by atomic mass is 16.5. The van der Waals surface area contributed by atoms with Gasteiger partial charge in [0, 0.05) is 55.9 Å². The van der Waals surface area contributed by atoms with Gasteiger partial charge in [-0.2, -0.15) is 15.2 Å². The summed E-state index contributed by atoms with van der Waals surface area (Å²) < 4.78 is 6.27. The third-order valence-electron chi connectivity index (χ3n) is 9.23. The largest absolute Gasteiger partial charge is 0.465 e. The molecule has 40 heavy (non-hydrogen) atoms. The monoisotopic (exact) mass is 545 g/mol. The third kappa shape index (κ3) is 5.27. The number of carboxylic acid groups (broad SMARTS) is 1. The van der Waals surface area contributed by atoms with Crippen LogP contribution >= 0.6 is 0 Å². The zero-order chi connectivity index (χ0) is 27.6. The van der Waals surface area contributed by atoms with Crippen molar-refractivity contribution >= 4 is 17.6 Å². The van der Waals surface area contributed by atoms with E-state index in [4.69, 9.17) is 14.7 Å². The van der Waals surface area contributed by atoms with E-state index in [1.54, 1.807) is 0 Å². The van der Waals surface area contributed by atoms with Crippen LogP contribution in [-0.4, -0.2) is 95.5 Å². The van der Waals surface area contributed by atoms with Crippen LogP contribution in [0.25, 0.3) is 0 Å². The molecule has 2 aromatic rings. The second kappa shape index (κ2) is 11.5. The predicted octanol–water partition coefficient (Wildman–Crippen LogP) is 3.34. The summed E-state index contributed by atoms with van der Waals surface area (Å²) in [6.45, 7) is 4.01. The molecule has 0 saturated carbocycles. The molecule has 4 aliphatic rings. The van der Waals surface area contributed by atoms with Gasteiger partial charge in [-0.3, -0.25) is 0 Å². The van der Waals surface area contributed by atoms with Crippen molar-refractivity contribution in [1.82, 2.24) is 19.8 Å². The first-order valence-electron chi connectivity index (χ1n) is 14.7. The van der Waals surface area contributed by atoms with Gasteiger partial charge in [0.1, 0.15) is 12.4 Å². The molecule has 1 aromatic heterocycles. The molecule has 1 aliphatic carbocycles. The molecule has 1 N–H and O–H groups in total. The van der Waals surface area contributed by atoms with Gasteiger partial charge in [0.05, 0.1) is 24.2 Å². The van der Waals surface area contributed by atoms with Crippen molar-refractivity contribution in [3.63, 3.8) is 0 Å². The van der Waals surface area contributed by atoms with Crippen molar-refractivity contribution in [2.24, 2.45) is 0 Å². The summed E-state index contributed by atoms with van der Waals surface area (Å²) >= 11 is 0. The number of aromatic nitrogens is 2. The van der Waals surface area contributed by atoms with Crippen molar-refractivity contribution in [1.29, 1.82) is 5.26 Å². The molecule has 1 aromatic carbocycles. The molecule has 2 fully saturated rings. The number of carbonyl (C=O) groups is 1. The molecule has 10 heteroatoms. The van der Waals surface area contributed by atoms with Crippen LogP contribution in [0.2, 0.25) is 0 Å². The van der Waals surface area contributed by atoms with Gasteiger partial charge in [0.25, 0.3) is 0 Å². The molecular weight excluding hydrogens is 506 g/mol. The molecule has 3 aliphatic heterocycles. The van der Waals surface area contributed by atoms with E-state index < -0.39 is 6.09 Å². The molecule has 4 heterocycles. The summed E-state index contributed by atoms with van der Waals surface area (Å²) in [6, 6.07) is 11.7. The predicted molar refractivity (Wildman–Crippen MR) is 152 cm³/mol. The summed E-state index contributed by atoms with van der Waals surface area (Å²) in [5, 5.41) is 19.1. The molecule has 0 spiro atoms. The number of amides is 1. The lowest BCUT2D eigenvalue weighted by Crippen LogP contribution is -2.55. The Morgan fingerprint density at radius 1 is 1.10 bits per heavy atom. The maximum Gasteiger partial charge on any atom is 0.407 e. The van der Waals surface area contributed by atoms with Crippen LogP contribution in [-0.2, 0) is 19.3 Å². The van der Waals surface area contributed by atoms with E-state index in [0.29, 0.717) is 44.3 Å². The van der Waals surface area contributed by atoms with Gasteiger partial charge >= 0.3 is 12.1 Å². The van der Waals surface area contributed by atoms with Gasteiger partial charge in [-0.15, -0.1) is 0 Å². The van der Waals surface area contributed by atoms with Crippen LogP contribution in [0.1, 0.15) is 48.9 Å². The van der Waals surface area contributed by atoms with Gasteiger partial charge in [-0.25, -0.2) is 4.79 Å². The third-order valence-corrected chi connectivity index (χ3v) is 9.23. The van der Waals surface area contributed by atoms with E-state index in [-0.39, 0.29) is 12.5 Å². The van der Waals surface area contributed by atoms with E-state index >= 15 is 0 Å².